The molecule has 0 atom stereocenters. The number of carbonyl (C=O) groups is 2. The molecule has 2 aromatic carbocycles. The van der Waals surface area contributed by atoms with Gasteiger partial charge in [-0.2, -0.15) is 5.10 Å². The molecule has 37 heavy (non-hydrogen) atoms. The number of nitrogens with one attached hydrogen (secondary N) is 3. The van der Waals surface area contributed by atoms with Gasteiger partial charge >= 0.3 is 6.03 Å². The fourth-order valence-corrected chi connectivity index (χ4v) is 4.40. The van der Waals surface area contributed by atoms with E-state index >= 15 is 0 Å². The summed E-state index contributed by atoms with van der Waals surface area (Å²) in [6.07, 6.45) is 4.33. The number of aryl methyl sites for hydroxylation is 1. The van der Waals surface area contributed by atoms with Crippen LogP contribution in [-0.4, -0.2) is 33.8 Å². The topological polar surface area (TPSA) is 101 Å². The fraction of sp³-hybridized carbons (Fsp3) is 0.185. The average Bonchev–Trinajstić information content (AvgIpc) is 3.30. The number of aromatic nitrogens is 3. The number of hydrogen-bond acceptors (Lipinski definition) is 5. The molecule has 0 aliphatic carbocycles. The van der Waals surface area contributed by atoms with Crippen LogP contribution in [0.1, 0.15) is 35.9 Å². The lowest BCUT2D eigenvalue weighted by atomic mass is 10.2. The standard InChI is InChI=1S/C27H27FN6O2S/c1-3-4-7-20-16-25(34(33-20)21-8-5-6-18(28)15-21)32-27(36)31-19-9-11-22(12-10-19)37-23-13-14-30-24(17-23)26(35)29-2/h5-6,8-17H,3-4,7H2,1-2H3,(H,29,35)(H2,31,32,36). The third-order valence-corrected chi connectivity index (χ3v) is 6.38. The van der Waals surface area contributed by atoms with Crippen molar-refractivity contribution in [2.24, 2.45) is 0 Å². The SMILES string of the molecule is CCCCc1cc(NC(=O)Nc2ccc(Sc3ccnc(C(=O)NC)c3)cc2)n(-c2cccc(F)c2)n1. The van der Waals surface area contributed by atoms with E-state index in [0.29, 0.717) is 22.9 Å². The van der Waals surface area contributed by atoms with Crippen molar-refractivity contribution >= 4 is 35.2 Å². The van der Waals surface area contributed by atoms with Gasteiger partial charge in [-0.05, 0) is 67.4 Å². The molecular weight excluding hydrogens is 491 g/mol. The first kappa shape index (κ1) is 25.9. The maximum atomic E-state index is 13.8. The van der Waals surface area contributed by atoms with Gasteiger partial charge in [-0.3, -0.25) is 15.1 Å². The van der Waals surface area contributed by atoms with E-state index in [2.05, 4.69) is 33.0 Å². The summed E-state index contributed by atoms with van der Waals surface area (Å²) < 4.78 is 15.4. The summed E-state index contributed by atoms with van der Waals surface area (Å²) in [5, 5.41) is 12.8. The monoisotopic (exact) mass is 518 g/mol. The Bertz CT molecular complexity index is 1390. The van der Waals surface area contributed by atoms with Crippen LogP contribution in [0, 0.1) is 5.82 Å². The lowest BCUT2D eigenvalue weighted by Gasteiger charge is -2.11. The van der Waals surface area contributed by atoms with Crippen LogP contribution in [0.3, 0.4) is 0 Å². The zero-order chi connectivity index (χ0) is 26.2. The lowest BCUT2D eigenvalue weighted by Crippen LogP contribution is -2.21. The summed E-state index contributed by atoms with van der Waals surface area (Å²) in [7, 11) is 1.56. The number of pyridine rings is 1. The van der Waals surface area contributed by atoms with Crippen LogP contribution >= 0.6 is 11.8 Å². The van der Waals surface area contributed by atoms with E-state index in [9.17, 15) is 14.0 Å². The third-order valence-electron chi connectivity index (χ3n) is 5.38. The van der Waals surface area contributed by atoms with Crippen LogP contribution in [0.2, 0.25) is 0 Å². The zero-order valence-corrected chi connectivity index (χ0v) is 21.3. The number of benzene rings is 2. The summed E-state index contributed by atoms with van der Waals surface area (Å²) in [6.45, 7) is 2.10. The van der Waals surface area contributed by atoms with E-state index in [-0.39, 0.29) is 11.7 Å². The van der Waals surface area contributed by atoms with E-state index < -0.39 is 6.03 Å². The maximum absolute atomic E-state index is 13.8. The minimum absolute atomic E-state index is 0.246. The first-order valence-electron chi connectivity index (χ1n) is 11.8. The summed E-state index contributed by atoms with van der Waals surface area (Å²) >= 11 is 1.48. The highest BCUT2D eigenvalue weighted by Gasteiger charge is 2.14. The highest BCUT2D eigenvalue weighted by atomic mass is 32.2. The molecule has 10 heteroatoms. The van der Waals surface area contributed by atoms with Crippen molar-refractivity contribution in [2.45, 2.75) is 36.0 Å². The third kappa shape index (κ3) is 6.95. The molecule has 0 fully saturated rings. The first-order valence-corrected chi connectivity index (χ1v) is 12.7. The Morgan fingerprint density at radius 2 is 1.81 bits per heavy atom. The van der Waals surface area contributed by atoms with Crippen molar-refractivity contribution in [3.8, 4) is 5.69 Å². The number of anilines is 2. The van der Waals surface area contributed by atoms with Gasteiger partial charge in [0.15, 0.2) is 0 Å². The molecule has 0 saturated carbocycles. The number of amides is 3. The van der Waals surface area contributed by atoms with E-state index in [1.54, 1.807) is 43.6 Å². The van der Waals surface area contributed by atoms with Crippen LogP contribution in [0.5, 0.6) is 0 Å². The normalized spacial score (nSPS) is 10.7. The van der Waals surface area contributed by atoms with Crippen molar-refractivity contribution in [3.63, 3.8) is 0 Å². The van der Waals surface area contributed by atoms with Crippen molar-refractivity contribution in [1.82, 2.24) is 20.1 Å². The molecule has 0 radical (unpaired) electrons. The maximum Gasteiger partial charge on any atom is 0.324 e. The molecule has 0 unspecified atom stereocenters. The molecule has 8 nitrogen and oxygen atoms in total. The second kappa shape index (κ2) is 12.2. The Morgan fingerprint density at radius 3 is 2.54 bits per heavy atom. The van der Waals surface area contributed by atoms with Crippen molar-refractivity contribution in [3.05, 3.63) is 90.1 Å². The van der Waals surface area contributed by atoms with Gasteiger partial charge < -0.3 is 10.6 Å². The number of carbonyl (C=O) groups excluding carboxylic acids is 2. The average molecular weight is 519 g/mol. The van der Waals surface area contributed by atoms with Gasteiger partial charge in [0.25, 0.3) is 5.91 Å². The van der Waals surface area contributed by atoms with Gasteiger partial charge in [0.1, 0.15) is 17.3 Å². The molecule has 0 spiro atoms. The van der Waals surface area contributed by atoms with Crippen molar-refractivity contribution in [1.29, 1.82) is 0 Å². The molecule has 4 rings (SSSR count). The largest absolute Gasteiger partial charge is 0.354 e. The molecule has 3 N–H and O–H groups in total. The second-order valence-corrected chi connectivity index (χ2v) is 9.32. The van der Waals surface area contributed by atoms with Gasteiger partial charge in [-0.1, -0.05) is 31.2 Å². The Morgan fingerprint density at radius 1 is 1.00 bits per heavy atom. The highest BCUT2D eigenvalue weighted by Crippen LogP contribution is 2.29. The van der Waals surface area contributed by atoms with E-state index in [4.69, 9.17) is 0 Å². The number of halogens is 1. The summed E-state index contributed by atoms with van der Waals surface area (Å²) in [4.78, 5) is 30.5. The number of hydrogen-bond donors (Lipinski definition) is 3. The predicted molar refractivity (Wildman–Crippen MR) is 143 cm³/mol. The Labute approximate surface area is 218 Å². The first-order chi connectivity index (χ1) is 17.9. The van der Waals surface area contributed by atoms with E-state index in [1.165, 1.54) is 28.6 Å². The van der Waals surface area contributed by atoms with Crippen LogP contribution in [0.25, 0.3) is 5.69 Å². The zero-order valence-electron chi connectivity index (χ0n) is 20.5. The summed E-state index contributed by atoms with van der Waals surface area (Å²) in [5.74, 6) is -0.177. The van der Waals surface area contributed by atoms with Gasteiger partial charge in [-0.15, -0.1) is 0 Å². The number of nitrogens with zero attached hydrogens (tertiary/aromatic N) is 3. The van der Waals surface area contributed by atoms with E-state index in [0.717, 1.165) is 34.7 Å². The van der Waals surface area contributed by atoms with Gasteiger partial charge in [0.05, 0.1) is 11.4 Å². The minimum atomic E-state index is -0.440. The molecule has 0 aliphatic heterocycles. The van der Waals surface area contributed by atoms with Crippen LogP contribution in [-0.2, 0) is 6.42 Å². The van der Waals surface area contributed by atoms with Crippen LogP contribution in [0.15, 0.2) is 82.7 Å². The molecule has 0 bridgehead atoms. The number of urea groups is 1. The van der Waals surface area contributed by atoms with Gasteiger partial charge in [-0.25, -0.2) is 13.9 Å². The Hall–Kier alpha value is -4.18. The Balaban J connectivity index is 1.43. The molecule has 4 aromatic rings. The van der Waals surface area contributed by atoms with Crippen molar-refractivity contribution < 1.29 is 14.0 Å². The Kier molecular flexibility index (Phi) is 8.52. The van der Waals surface area contributed by atoms with Crippen LogP contribution in [0.4, 0.5) is 20.7 Å². The number of unbranched alkanes of at least 4 members (excludes halogenated alkanes) is 1. The minimum Gasteiger partial charge on any atom is -0.354 e. The van der Waals surface area contributed by atoms with Crippen LogP contribution < -0.4 is 16.0 Å². The quantitative estimate of drug-likeness (QED) is 0.256. The molecule has 0 saturated heterocycles. The summed E-state index contributed by atoms with van der Waals surface area (Å²) in [6, 6.07) is 18.3. The molecular formula is C27H27FN6O2S. The van der Waals surface area contributed by atoms with Crippen molar-refractivity contribution in [2.75, 3.05) is 17.7 Å². The molecule has 3 amide bonds. The molecule has 2 aromatic heterocycles. The smallest absolute Gasteiger partial charge is 0.324 e. The number of rotatable bonds is 9. The fourth-order valence-electron chi connectivity index (χ4n) is 3.55. The van der Waals surface area contributed by atoms with Gasteiger partial charge in [0, 0.05) is 34.8 Å². The lowest BCUT2D eigenvalue weighted by molar-refractivity contribution is 0.0958. The van der Waals surface area contributed by atoms with Gasteiger partial charge in [0.2, 0.25) is 0 Å². The molecule has 190 valence electrons. The molecule has 0 aliphatic rings. The highest BCUT2D eigenvalue weighted by molar-refractivity contribution is 7.99. The van der Waals surface area contributed by atoms with E-state index in [1.807, 2.05) is 24.3 Å². The summed E-state index contributed by atoms with van der Waals surface area (Å²) in [5.41, 5.74) is 2.29. The second-order valence-electron chi connectivity index (χ2n) is 8.18. The predicted octanol–water partition coefficient (Wildman–Crippen LogP) is 5.90. The molecule has 2 heterocycles.